The molecule has 26 heavy (non-hydrogen) atoms. The van der Waals surface area contributed by atoms with E-state index in [9.17, 15) is 0 Å². The van der Waals surface area contributed by atoms with E-state index in [0.717, 1.165) is 24.2 Å². The Morgan fingerprint density at radius 2 is 1.92 bits per heavy atom. The van der Waals surface area contributed by atoms with Crippen LogP contribution in [0, 0.1) is 12.3 Å². The number of guanidine groups is 1. The molecule has 2 aliphatic carbocycles. The number of aliphatic imine (C=N–C) groups is 1. The molecule has 0 aliphatic heterocycles. The lowest BCUT2D eigenvalue weighted by Crippen LogP contribution is -2.49. The van der Waals surface area contributed by atoms with Gasteiger partial charge in [-0.3, -0.25) is 0 Å². The Morgan fingerprint density at radius 1 is 1.19 bits per heavy atom. The molecule has 0 radical (unpaired) electrons. The van der Waals surface area contributed by atoms with Crippen molar-refractivity contribution < 1.29 is 0 Å². The lowest BCUT2D eigenvalue weighted by molar-refractivity contribution is 0.131. The van der Waals surface area contributed by atoms with Gasteiger partial charge in [0.1, 0.15) is 12.4 Å². The molecule has 2 N–H and O–H groups in total. The Morgan fingerprint density at radius 3 is 2.46 bits per heavy atom. The van der Waals surface area contributed by atoms with Gasteiger partial charge in [0.2, 0.25) is 0 Å². The van der Waals surface area contributed by atoms with Crippen LogP contribution in [0.5, 0.6) is 0 Å². The molecule has 1 heterocycles. The van der Waals surface area contributed by atoms with Crippen LogP contribution in [0.4, 0.5) is 0 Å². The highest BCUT2D eigenvalue weighted by Crippen LogP contribution is 2.43. The summed E-state index contributed by atoms with van der Waals surface area (Å²) >= 11 is 0. The molecule has 1 aromatic heterocycles. The van der Waals surface area contributed by atoms with Gasteiger partial charge in [0.05, 0.1) is 0 Å². The van der Waals surface area contributed by atoms with Crippen LogP contribution in [0.2, 0.25) is 0 Å². The molecule has 0 spiro atoms. The maximum Gasteiger partial charge on any atom is 0.191 e. The fourth-order valence-electron chi connectivity index (χ4n) is 3.93. The fraction of sp³-hybridized carbons (Fsp3) is 0.842. The van der Waals surface area contributed by atoms with Crippen molar-refractivity contribution in [1.82, 2.24) is 25.4 Å². The number of rotatable bonds is 6. The van der Waals surface area contributed by atoms with Gasteiger partial charge in [-0.15, -0.1) is 34.2 Å². The minimum Gasteiger partial charge on any atom is -0.356 e. The minimum absolute atomic E-state index is 0. The van der Waals surface area contributed by atoms with Crippen molar-refractivity contribution in [3.8, 4) is 0 Å². The second-order valence-electron chi connectivity index (χ2n) is 7.93. The van der Waals surface area contributed by atoms with Gasteiger partial charge in [-0.2, -0.15) is 0 Å². The molecule has 2 aliphatic rings. The summed E-state index contributed by atoms with van der Waals surface area (Å²) in [5.74, 6) is 2.79. The first-order valence-corrected chi connectivity index (χ1v) is 10.0. The van der Waals surface area contributed by atoms with Gasteiger partial charge < -0.3 is 15.2 Å². The van der Waals surface area contributed by atoms with Gasteiger partial charge in [0.25, 0.3) is 0 Å². The van der Waals surface area contributed by atoms with Gasteiger partial charge in [-0.05, 0) is 44.4 Å². The monoisotopic (exact) mass is 474 g/mol. The average molecular weight is 474 g/mol. The van der Waals surface area contributed by atoms with Crippen molar-refractivity contribution in [2.24, 2.45) is 17.5 Å². The lowest BCUT2D eigenvalue weighted by Gasteiger charge is -2.42. The molecule has 2 fully saturated rings. The maximum absolute atomic E-state index is 4.83. The molecule has 0 atom stereocenters. The third kappa shape index (κ3) is 5.33. The van der Waals surface area contributed by atoms with Crippen molar-refractivity contribution in [1.29, 1.82) is 0 Å². The molecular formula is C19H35IN6. The Labute approximate surface area is 175 Å². The summed E-state index contributed by atoms with van der Waals surface area (Å²) < 4.78 is 2.02. The second kappa shape index (κ2) is 9.90. The van der Waals surface area contributed by atoms with Crippen LogP contribution >= 0.6 is 24.0 Å². The molecule has 0 saturated heterocycles. The summed E-state index contributed by atoms with van der Waals surface area (Å²) in [6.45, 7) is 5.88. The average Bonchev–Trinajstić information content (AvgIpc) is 2.91. The first-order chi connectivity index (χ1) is 12.1. The standard InChI is InChI=1S/C19H34N6.HI/c1-4-19(11-8-12-19)14-21-18(22-16-9-6-5-7-10-16)20-13-17-24-23-15(2)25(17)3;/h16H,4-14H2,1-3H3,(H2,20,21,22);1H. The number of nitrogens with one attached hydrogen (secondary N) is 2. The van der Waals surface area contributed by atoms with E-state index < -0.39 is 0 Å². The number of aromatic nitrogens is 3. The quantitative estimate of drug-likeness (QED) is 0.375. The van der Waals surface area contributed by atoms with Crippen LogP contribution in [0.3, 0.4) is 0 Å². The maximum atomic E-state index is 4.83. The van der Waals surface area contributed by atoms with Gasteiger partial charge in [-0.25, -0.2) is 4.99 Å². The zero-order chi connectivity index (χ0) is 17.7. The first kappa shape index (κ1) is 21.4. The molecule has 2 saturated carbocycles. The number of aryl methyl sites for hydroxylation is 1. The van der Waals surface area contributed by atoms with Crippen LogP contribution < -0.4 is 10.6 Å². The zero-order valence-corrected chi connectivity index (χ0v) is 18.9. The molecular weight excluding hydrogens is 439 g/mol. The summed E-state index contributed by atoms with van der Waals surface area (Å²) in [6.07, 6.45) is 11.8. The van der Waals surface area contributed by atoms with Crippen LogP contribution in [-0.4, -0.2) is 33.3 Å². The highest BCUT2D eigenvalue weighted by atomic mass is 127. The molecule has 1 aromatic rings. The van der Waals surface area contributed by atoms with Crippen LogP contribution in [-0.2, 0) is 13.6 Å². The Kier molecular flexibility index (Phi) is 8.16. The van der Waals surface area contributed by atoms with Crippen LogP contribution in [0.1, 0.15) is 76.4 Å². The van der Waals surface area contributed by atoms with Crippen molar-refractivity contribution in [2.75, 3.05) is 6.54 Å². The molecule has 0 aromatic carbocycles. The zero-order valence-electron chi connectivity index (χ0n) is 16.6. The van der Waals surface area contributed by atoms with Crippen molar-refractivity contribution >= 4 is 29.9 Å². The van der Waals surface area contributed by atoms with Crippen molar-refractivity contribution in [2.45, 2.75) is 84.2 Å². The Bertz CT molecular complexity index is 581. The van der Waals surface area contributed by atoms with Crippen molar-refractivity contribution in [3.63, 3.8) is 0 Å². The Balaban J connectivity index is 0.00000243. The molecule has 148 valence electrons. The molecule has 0 unspecified atom stereocenters. The highest BCUT2D eigenvalue weighted by Gasteiger charge is 2.35. The SMILES string of the molecule is CCC1(CNC(=NCc2nnc(C)n2C)NC2CCCCC2)CCC1.I. The number of hydrogen-bond donors (Lipinski definition) is 2. The number of hydrogen-bond acceptors (Lipinski definition) is 3. The third-order valence-corrected chi connectivity index (χ3v) is 6.30. The van der Waals surface area contributed by atoms with Crippen LogP contribution in [0.25, 0.3) is 0 Å². The van der Waals surface area contributed by atoms with E-state index >= 15 is 0 Å². The minimum atomic E-state index is 0. The van der Waals surface area contributed by atoms with E-state index in [2.05, 4.69) is 27.8 Å². The normalized spacial score (nSPS) is 20.2. The van der Waals surface area contributed by atoms with Crippen LogP contribution in [0.15, 0.2) is 4.99 Å². The summed E-state index contributed by atoms with van der Waals surface area (Å²) in [5, 5.41) is 15.7. The summed E-state index contributed by atoms with van der Waals surface area (Å²) in [7, 11) is 2.00. The summed E-state index contributed by atoms with van der Waals surface area (Å²) in [5.41, 5.74) is 0.483. The van der Waals surface area contributed by atoms with E-state index in [0.29, 0.717) is 18.0 Å². The highest BCUT2D eigenvalue weighted by molar-refractivity contribution is 14.0. The molecule has 0 bridgehead atoms. The summed E-state index contributed by atoms with van der Waals surface area (Å²) in [4.78, 5) is 4.83. The van der Waals surface area contributed by atoms with E-state index in [-0.39, 0.29) is 24.0 Å². The molecule has 3 rings (SSSR count). The van der Waals surface area contributed by atoms with Gasteiger partial charge >= 0.3 is 0 Å². The third-order valence-electron chi connectivity index (χ3n) is 6.30. The van der Waals surface area contributed by atoms with E-state index in [1.807, 2.05) is 18.5 Å². The number of halogens is 1. The van der Waals surface area contributed by atoms with Gasteiger partial charge in [0, 0.05) is 19.6 Å². The predicted octanol–water partition coefficient (Wildman–Crippen LogP) is 3.69. The van der Waals surface area contributed by atoms with E-state index in [4.69, 9.17) is 4.99 Å². The Hall–Kier alpha value is -0.860. The second-order valence-corrected chi connectivity index (χ2v) is 7.93. The first-order valence-electron chi connectivity index (χ1n) is 10.0. The summed E-state index contributed by atoms with van der Waals surface area (Å²) in [6, 6.07) is 0.556. The van der Waals surface area contributed by atoms with Gasteiger partial charge in [0.15, 0.2) is 11.8 Å². The van der Waals surface area contributed by atoms with E-state index in [1.165, 1.54) is 57.8 Å². The topological polar surface area (TPSA) is 67.1 Å². The van der Waals surface area contributed by atoms with Gasteiger partial charge in [-0.1, -0.05) is 32.6 Å². The largest absolute Gasteiger partial charge is 0.356 e. The number of nitrogens with zero attached hydrogens (tertiary/aromatic N) is 4. The predicted molar refractivity (Wildman–Crippen MR) is 117 cm³/mol. The smallest absolute Gasteiger partial charge is 0.191 e. The fourth-order valence-corrected chi connectivity index (χ4v) is 3.93. The lowest BCUT2D eigenvalue weighted by atomic mass is 9.67. The molecule has 0 amide bonds. The van der Waals surface area contributed by atoms with E-state index in [1.54, 1.807) is 0 Å². The molecule has 7 heteroatoms. The molecule has 6 nitrogen and oxygen atoms in total. The van der Waals surface area contributed by atoms with Crippen molar-refractivity contribution in [3.05, 3.63) is 11.6 Å².